The summed E-state index contributed by atoms with van der Waals surface area (Å²) in [4.78, 5) is 11.7. The second-order valence-electron chi connectivity index (χ2n) is 4.45. The summed E-state index contributed by atoms with van der Waals surface area (Å²) in [5.74, 6) is -0.651. The number of rotatable bonds is 7. The van der Waals surface area contributed by atoms with Gasteiger partial charge in [0.25, 0.3) is 0 Å². The highest BCUT2D eigenvalue weighted by molar-refractivity contribution is 5.81. The number of esters is 1. The first-order chi connectivity index (χ1) is 8.29. The summed E-state index contributed by atoms with van der Waals surface area (Å²) in [6, 6.07) is 0. The molecule has 7 heteroatoms. The number of carbonyl (C=O) groups is 1. The Bertz CT molecular complexity index is 292. The summed E-state index contributed by atoms with van der Waals surface area (Å²) in [7, 11) is 0. The van der Waals surface area contributed by atoms with E-state index in [9.17, 15) is 18.0 Å². The highest BCUT2D eigenvalue weighted by Gasteiger charge is 2.49. The first-order valence-corrected chi connectivity index (χ1v) is 5.90. The summed E-state index contributed by atoms with van der Waals surface area (Å²) in [6.07, 6.45) is -3.76. The maximum atomic E-state index is 11.9. The number of carbonyl (C=O) groups excluding carboxylic acids is 1. The predicted octanol–water partition coefficient (Wildman–Crippen LogP) is 1.63. The summed E-state index contributed by atoms with van der Waals surface area (Å²) in [5, 5.41) is 0. The SMILES string of the molecule is CCOC(=O)C(N)(COCCC(F)(F)F)C1CC1. The zero-order valence-corrected chi connectivity index (χ0v) is 10.3. The monoisotopic (exact) mass is 269 g/mol. The molecule has 0 amide bonds. The standard InChI is InChI=1S/C11H18F3NO3/c1-2-18-9(16)10(15,8-3-4-8)7-17-6-5-11(12,13)14/h8H,2-7,15H2,1H3. The lowest BCUT2D eigenvalue weighted by Gasteiger charge is -2.26. The van der Waals surface area contributed by atoms with Crippen molar-refractivity contribution in [1.82, 2.24) is 0 Å². The number of hydrogen-bond acceptors (Lipinski definition) is 4. The fraction of sp³-hybridized carbons (Fsp3) is 0.909. The van der Waals surface area contributed by atoms with E-state index in [1.807, 2.05) is 0 Å². The molecule has 0 aromatic rings. The lowest BCUT2D eigenvalue weighted by atomic mass is 9.96. The van der Waals surface area contributed by atoms with Gasteiger partial charge in [-0.3, -0.25) is 0 Å². The third kappa shape index (κ3) is 4.45. The second kappa shape index (κ2) is 5.88. The topological polar surface area (TPSA) is 61.5 Å². The van der Waals surface area contributed by atoms with Crippen LogP contribution in [0.15, 0.2) is 0 Å². The van der Waals surface area contributed by atoms with E-state index in [0.29, 0.717) is 0 Å². The van der Waals surface area contributed by atoms with Gasteiger partial charge in [0.1, 0.15) is 5.54 Å². The van der Waals surface area contributed by atoms with E-state index in [4.69, 9.17) is 15.2 Å². The molecule has 1 fully saturated rings. The highest BCUT2D eigenvalue weighted by Crippen LogP contribution is 2.39. The van der Waals surface area contributed by atoms with Crippen LogP contribution in [-0.4, -0.2) is 37.5 Å². The van der Waals surface area contributed by atoms with Crippen molar-refractivity contribution in [3.63, 3.8) is 0 Å². The van der Waals surface area contributed by atoms with Crippen molar-refractivity contribution in [1.29, 1.82) is 0 Å². The van der Waals surface area contributed by atoms with Gasteiger partial charge in [-0.1, -0.05) is 0 Å². The summed E-state index contributed by atoms with van der Waals surface area (Å²) in [5.41, 5.74) is 4.60. The molecule has 1 aliphatic rings. The minimum absolute atomic E-state index is 0.0533. The van der Waals surface area contributed by atoms with Crippen LogP contribution in [0.25, 0.3) is 0 Å². The van der Waals surface area contributed by atoms with Crippen molar-refractivity contribution in [3.05, 3.63) is 0 Å². The molecule has 106 valence electrons. The molecular weight excluding hydrogens is 251 g/mol. The highest BCUT2D eigenvalue weighted by atomic mass is 19.4. The molecule has 0 aliphatic heterocycles. The third-order valence-corrected chi connectivity index (χ3v) is 2.83. The Morgan fingerprint density at radius 2 is 2.00 bits per heavy atom. The smallest absolute Gasteiger partial charge is 0.391 e. The van der Waals surface area contributed by atoms with Gasteiger partial charge >= 0.3 is 12.1 Å². The Labute approximate surface area is 104 Å². The van der Waals surface area contributed by atoms with Gasteiger partial charge in [0.2, 0.25) is 0 Å². The van der Waals surface area contributed by atoms with Crippen molar-refractivity contribution >= 4 is 5.97 Å². The molecule has 0 saturated heterocycles. The lowest BCUT2D eigenvalue weighted by molar-refractivity contribution is -0.157. The normalized spacial score (nSPS) is 19.4. The molecule has 0 radical (unpaired) electrons. The molecule has 1 atom stereocenters. The molecule has 0 heterocycles. The average molecular weight is 269 g/mol. The van der Waals surface area contributed by atoms with Gasteiger partial charge in [0, 0.05) is 0 Å². The van der Waals surface area contributed by atoms with Gasteiger partial charge in [0.05, 0.1) is 26.2 Å². The van der Waals surface area contributed by atoms with Crippen molar-refractivity contribution in [3.8, 4) is 0 Å². The molecule has 1 unspecified atom stereocenters. The first kappa shape index (κ1) is 15.2. The van der Waals surface area contributed by atoms with Crippen LogP contribution in [0.2, 0.25) is 0 Å². The van der Waals surface area contributed by atoms with E-state index in [0.717, 1.165) is 12.8 Å². The van der Waals surface area contributed by atoms with Crippen LogP contribution >= 0.6 is 0 Å². The second-order valence-corrected chi connectivity index (χ2v) is 4.45. The molecule has 0 spiro atoms. The average Bonchev–Trinajstić information content (AvgIpc) is 3.07. The van der Waals surface area contributed by atoms with E-state index in [1.54, 1.807) is 6.92 Å². The van der Waals surface area contributed by atoms with E-state index in [-0.39, 0.29) is 19.1 Å². The zero-order valence-electron chi connectivity index (χ0n) is 10.3. The van der Waals surface area contributed by atoms with Crippen LogP contribution in [0.5, 0.6) is 0 Å². The van der Waals surface area contributed by atoms with Crippen LogP contribution in [-0.2, 0) is 14.3 Å². The molecule has 0 aromatic heterocycles. The van der Waals surface area contributed by atoms with Crippen LogP contribution in [0.3, 0.4) is 0 Å². The number of hydrogen-bond donors (Lipinski definition) is 1. The van der Waals surface area contributed by atoms with Gasteiger partial charge in [-0.15, -0.1) is 0 Å². The van der Waals surface area contributed by atoms with E-state index in [2.05, 4.69) is 0 Å². The van der Waals surface area contributed by atoms with Crippen molar-refractivity contribution in [2.24, 2.45) is 11.7 Å². The summed E-state index contributed by atoms with van der Waals surface area (Å²) >= 11 is 0. The number of alkyl halides is 3. The quantitative estimate of drug-likeness (QED) is 0.563. The van der Waals surface area contributed by atoms with E-state index < -0.39 is 30.7 Å². The fourth-order valence-corrected chi connectivity index (χ4v) is 1.64. The molecule has 1 rings (SSSR count). The molecule has 0 bridgehead atoms. The van der Waals surface area contributed by atoms with Gasteiger partial charge in [-0.2, -0.15) is 13.2 Å². The molecule has 2 N–H and O–H groups in total. The first-order valence-electron chi connectivity index (χ1n) is 5.90. The van der Waals surface area contributed by atoms with Crippen LogP contribution < -0.4 is 5.73 Å². The Balaban J connectivity index is 2.41. The Morgan fingerprint density at radius 3 is 2.44 bits per heavy atom. The summed E-state index contributed by atoms with van der Waals surface area (Å²) in [6.45, 7) is 1.12. The summed E-state index contributed by atoms with van der Waals surface area (Å²) < 4.78 is 45.5. The number of halogens is 3. The predicted molar refractivity (Wildman–Crippen MR) is 57.8 cm³/mol. The molecule has 1 aliphatic carbocycles. The lowest BCUT2D eigenvalue weighted by Crippen LogP contribution is -2.55. The molecular formula is C11H18F3NO3. The maximum Gasteiger partial charge on any atom is 0.391 e. The van der Waals surface area contributed by atoms with Crippen molar-refractivity contribution in [2.45, 2.75) is 37.9 Å². The van der Waals surface area contributed by atoms with Gasteiger partial charge in [-0.25, -0.2) is 4.79 Å². The van der Waals surface area contributed by atoms with Gasteiger partial charge < -0.3 is 15.2 Å². The Kier molecular flexibility index (Phi) is 4.98. The Hall–Kier alpha value is -0.820. The number of ether oxygens (including phenoxy) is 2. The Morgan fingerprint density at radius 1 is 1.39 bits per heavy atom. The minimum atomic E-state index is -4.26. The van der Waals surface area contributed by atoms with Crippen molar-refractivity contribution in [2.75, 3.05) is 19.8 Å². The van der Waals surface area contributed by atoms with Crippen LogP contribution in [0.4, 0.5) is 13.2 Å². The van der Waals surface area contributed by atoms with Gasteiger partial charge in [-0.05, 0) is 25.7 Å². The largest absolute Gasteiger partial charge is 0.465 e. The fourth-order valence-electron chi connectivity index (χ4n) is 1.64. The van der Waals surface area contributed by atoms with Crippen LogP contribution in [0, 0.1) is 5.92 Å². The minimum Gasteiger partial charge on any atom is -0.465 e. The van der Waals surface area contributed by atoms with Gasteiger partial charge in [0.15, 0.2) is 0 Å². The number of nitrogens with two attached hydrogens (primary N) is 1. The molecule has 18 heavy (non-hydrogen) atoms. The zero-order chi connectivity index (χ0) is 13.8. The van der Waals surface area contributed by atoms with E-state index >= 15 is 0 Å². The molecule has 4 nitrogen and oxygen atoms in total. The molecule has 1 saturated carbocycles. The van der Waals surface area contributed by atoms with Crippen LogP contribution in [0.1, 0.15) is 26.2 Å². The van der Waals surface area contributed by atoms with Crippen molar-refractivity contribution < 1.29 is 27.4 Å². The van der Waals surface area contributed by atoms with E-state index in [1.165, 1.54) is 0 Å². The third-order valence-electron chi connectivity index (χ3n) is 2.83. The molecule has 0 aromatic carbocycles. The maximum absolute atomic E-state index is 11.9.